The van der Waals surface area contributed by atoms with Crippen molar-refractivity contribution in [3.8, 4) is 5.69 Å². The molecule has 0 bridgehead atoms. The second-order valence-electron chi connectivity index (χ2n) is 6.90. The summed E-state index contributed by atoms with van der Waals surface area (Å²) in [7, 11) is 1.45. The molecule has 148 valence electrons. The van der Waals surface area contributed by atoms with Gasteiger partial charge in [0.2, 0.25) is 0 Å². The van der Waals surface area contributed by atoms with Gasteiger partial charge in [0.1, 0.15) is 11.4 Å². The highest BCUT2D eigenvalue weighted by atomic mass is 19.1. The van der Waals surface area contributed by atoms with E-state index in [-0.39, 0.29) is 17.7 Å². The molecule has 0 fully saturated rings. The number of pyridine rings is 1. The van der Waals surface area contributed by atoms with Gasteiger partial charge in [-0.05, 0) is 41.8 Å². The Balaban J connectivity index is 1.68. The van der Waals surface area contributed by atoms with E-state index in [9.17, 15) is 23.6 Å². The first-order chi connectivity index (χ1) is 13.8. The summed E-state index contributed by atoms with van der Waals surface area (Å²) in [5, 5.41) is 0. The number of H-pyrrole nitrogens is 1. The summed E-state index contributed by atoms with van der Waals surface area (Å²) in [6.45, 7) is 0.548. The molecule has 0 saturated heterocycles. The standard InChI is InChI=1S/C20H17FN4O4/c1-23-11-16(18(27)22-20(23)29)19(28)24-7-6-12-8-17(26)25(10-13(12)9-24)15-4-2-14(21)3-5-15/h2-5,8,10-11H,6-7,9H2,1H3,(H,22,27,29). The van der Waals surface area contributed by atoms with E-state index in [1.54, 1.807) is 6.20 Å². The van der Waals surface area contributed by atoms with Crippen LogP contribution in [0, 0.1) is 5.82 Å². The number of carbonyl (C=O) groups excluding carboxylic acids is 1. The summed E-state index contributed by atoms with van der Waals surface area (Å²) in [6, 6.07) is 7.04. The van der Waals surface area contributed by atoms with Gasteiger partial charge in [-0.15, -0.1) is 0 Å². The molecule has 8 nitrogen and oxygen atoms in total. The molecule has 0 radical (unpaired) electrons. The van der Waals surface area contributed by atoms with Crippen LogP contribution in [-0.4, -0.2) is 31.5 Å². The van der Waals surface area contributed by atoms with E-state index in [2.05, 4.69) is 4.98 Å². The number of nitrogens with zero attached hydrogens (tertiary/aromatic N) is 3. The Kier molecular flexibility index (Phi) is 4.50. The minimum atomic E-state index is -0.736. The van der Waals surface area contributed by atoms with Crippen LogP contribution in [-0.2, 0) is 20.0 Å². The number of rotatable bonds is 2. The number of hydrogen-bond acceptors (Lipinski definition) is 4. The van der Waals surface area contributed by atoms with Gasteiger partial charge < -0.3 is 9.47 Å². The zero-order chi connectivity index (χ0) is 20.7. The second-order valence-corrected chi connectivity index (χ2v) is 6.90. The van der Waals surface area contributed by atoms with E-state index < -0.39 is 23.0 Å². The lowest BCUT2D eigenvalue weighted by Crippen LogP contribution is -2.41. The van der Waals surface area contributed by atoms with Crippen molar-refractivity contribution in [1.29, 1.82) is 0 Å². The average molecular weight is 396 g/mol. The van der Waals surface area contributed by atoms with Gasteiger partial charge in [0.25, 0.3) is 17.0 Å². The van der Waals surface area contributed by atoms with Crippen molar-refractivity contribution >= 4 is 5.91 Å². The number of aromatic nitrogens is 3. The van der Waals surface area contributed by atoms with Gasteiger partial charge in [-0.3, -0.25) is 23.9 Å². The maximum atomic E-state index is 13.2. The predicted molar refractivity (Wildman–Crippen MR) is 103 cm³/mol. The Morgan fingerprint density at radius 2 is 1.79 bits per heavy atom. The Bertz CT molecular complexity index is 1290. The van der Waals surface area contributed by atoms with E-state index in [1.807, 2.05) is 0 Å². The number of halogens is 1. The van der Waals surface area contributed by atoms with Crippen LogP contribution in [0.25, 0.3) is 5.69 Å². The van der Waals surface area contributed by atoms with Crippen LogP contribution in [0.1, 0.15) is 21.5 Å². The first kappa shape index (κ1) is 18.6. The van der Waals surface area contributed by atoms with Crippen molar-refractivity contribution in [2.24, 2.45) is 7.05 Å². The topological polar surface area (TPSA) is 97.2 Å². The van der Waals surface area contributed by atoms with E-state index >= 15 is 0 Å². The largest absolute Gasteiger partial charge is 0.334 e. The highest BCUT2D eigenvalue weighted by Gasteiger charge is 2.25. The molecule has 1 N–H and O–H groups in total. The number of carbonyl (C=O) groups is 1. The van der Waals surface area contributed by atoms with Gasteiger partial charge in [0.05, 0.1) is 0 Å². The fourth-order valence-electron chi connectivity index (χ4n) is 3.39. The summed E-state index contributed by atoms with van der Waals surface area (Å²) in [5.74, 6) is -0.897. The Labute approximate surface area is 163 Å². The molecule has 1 aromatic carbocycles. The molecule has 3 aromatic rings. The zero-order valence-corrected chi connectivity index (χ0v) is 15.5. The van der Waals surface area contributed by atoms with Crippen LogP contribution in [0.15, 0.2) is 57.1 Å². The van der Waals surface area contributed by atoms with Gasteiger partial charge in [-0.1, -0.05) is 0 Å². The lowest BCUT2D eigenvalue weighted by atomic mass is 10.0. The smallest absolute Gasteiger partial charge is 0.328 e. The molecule has 4 rings (SSSR count). The van der Waals surface area contributed by atoms with Gasteiger partial charge in [0.15, 0.2) is 0 Å². The maximum absolute atomic E-state index is 13.2. The molecule has 1 aliphatic heterocycles. The van der Waals surface area contributed by atoms with Crippen molar-refractivity contribution in [3.05, 3.63) is 96.4 Å². The van der Waals surface area contributed by atoms with Crippen molar-refractivity contribution in [2.75, 3.05) is 6.54 Å². The zero-order valence-electron chi connectivity index (χ0n) is 15.5. The fraction of sp³-hybridized carbons (Fsp3) is 0.200. The molecule has 0 aliphatic carbocycles. The molecule has 3 heterocycles. The molecule has 29 heavy (non-hydrogen) atoms. The number of fused-ring (bicyclic) bond motifs is 1. The Morgan fingerprint density at radius 1 is 1.07 bits per heavy atom. The molecule has 0 spiro atoms. The lowest BCUT2D eigenvalue weighted by molar-refractivity contribution is 0.0731. The number of aryl methyl sites for hydroxylation is 1. The summed E-state index contributed by atoms with van der Waals surface area (Å²) in [6.07, 6.45) is 3.32. The number of nitrogens with one attached hydrogen (secondary N) is 1. The molecular weight excluding hydrogens is 379 g/mol. The van der Waals surface area contributed by atoms with Gasteiger partial charge in [-0.2, -0.15) is 0 Å². The summed E-state index contributed by atoms with van der Waals surface area (Å²) < 4.78 is 15.7. The quantitative estimate of drug-likeness (QED) is 0.685. The maximum Gasteiger partial charge on any atom is 0.328 e. The molecular formula is C20H17FN4O4. The highest BCUT2D eigenvalue weighted by Crippen LogP contribution is 2.20. The van der Waals surface area contributed by atoms with E-state index in [0.29, 0.717) is 18.7 Å². The van der Waals surface area contributed by atoms with Crippen LogP contribution in [0.5, 0.6) is 0 Å². The SMILES string of the molecule is Cn1cc(C(=O)N2CCc3cc(=O)n(-c4ccc(F)cc4)cc3C2)c(=O)[nH]c1=O. The van der Waals surface area contributed by atoms with E-state index in [4.69, 9.17) is 0 Å². The molecule has 0 atom stereocenters. The van der Waals surface area contributed by atoms with Crippen LogP contribution >= 0.6 is 0 Å². The predicted octanol–water partition coefficient (Wildman–Crippen LogP) is 0.562. The number of amides is 1. The molecule has 0 saturated carbocycles. The van der Waals surface area contributed by atoms with Gasteiger partial charge in [-0.25, -0.2) is 9.18 Å². The third-order valence-electron chi connectivity index (χ3n) is 4.98. The molecule has 1 amide bonds. The third-order valence-corrected chi connectivity index (χ3v) is 4.98. The third kappa shape index (κ3) is 3.42. The van der Waals surface area contributed by atoms with Crippen molar-refractivity contribution in [2.45, 2.75) is 13.0 Å². The van der Waals surface area contributed by atoms with E-state index in [1.165, 1.54) is 53.0 Å². The fourth-order valence-corrected chi connectivity index (χ4v) is 3.39. The molecule has 2 aromatic heterocycles. The lowest BCUT2D eigenvalue weighted by Gasteiger charge is -2.29. The monoisotopic (exact) mass is 396 g/mol. The van der Waals surface area contributed by atoms with Gasteiger partial charge in [0, 0.05) is 44.3 Å². The molecule has 0 unspecified atom stereocenters. The first-order valence-corrected chi connectivity index (χ1v) is 8.93. The number of hydrogen-bond donors (Lipinski definition) is 1. The van der Waals surface area contributed by atoms with Crippen LogP contribution in [0.3, 0.4) is 0 Å². The summed E-state index contributed by atoms with van der Waals surface area (Å²) in [5.41, 5.74) is 0.393. The van der Waals surface area contributed by atoms with Crippen molar-refractivity contribution in [3.63, 3.8) is 0 Å². The first-order valence-electron chi connectivity index (χ1n) is 8.93. The normalized spacial score (nSPS) is 13.2. The molecule has 9 heteroatoms. The van der Waals surface area contributed by atoms with Crippen LogP contribution in [0.4, 0.5) is 4.39 Å². The van der Waals surface area contributed by atoms with Crippen molar-refractivity contribution < 1.29 is 9.18 Å². The Hall–Kier alpha value is -3.75. The second kappa shape index (κ2) is 7.01. The highest BCUT2D eigenvalue weighted by molar-refractivity contribution is 5.93. The number of aromatic amines is 1. The average Bonchev–Trinajstić information content (AvgIpc) is 2.70. The summed E-state index contributed by atoms with van der Waals surface area (Å²) >= 11 is 0. The van der Waals surface area contributed by atoms with Crippen LogP contribution < -0.4 is 16.8 Å². The van der Waals surface area contributed by atoms with Gasteiger partial charge >= 0.3 is 5.69 Å². The van der Waals surface area contributed by atoms with Crippen molar-refractivity contribution in [1.82, 2.24) is 19.0 Å². The van der Waals surface area contributed by atoms with E-state index in [0.717, 1.165) is 15.7 Å². The minimum absolute atomic E-state index is 0.123. The number of benzene rings is 1. The summed E-state index contributed by atoms with van der Waals surface area (Å²) in [4.78, 5) is 52.4. The molecule has 1 aliphatic rings. The minimum Gasteiger partial charge on any atom is -0.334 e. The Morgan fingerprint density at radius 3 is 2.52 bits per heavy atom. The van der Waals surface area contributed by atoms with Crippen LogP contribution in [0.2, 0.25) is 0 Å².